The zero-order valence-corrected chi connectivity index (χ0v) is 32.4. The normalized spacial score (nSPS) is 16.7. The maximum atomic E-state index is 14.8. The van der Waals surface area contributed by atoms with E-state index in [1.54, 1.807) is 72.8 Å². The van der Waals surface area contributed by atoms with Gasteiger partial charge in [-0.25, -0.2) is 0 Å². The molecular weight excluding hydrogens is 772 g/mol. The second-order valence-corrected chi connectivity index (χ2v) is 15.6. The van der Waals surface area contributed by atoms with E-state index in [-0.39, 0.29) is 39.6 Å². The van der Waals surface area contributed by atoms with Crippen molar-refractivity contribution in [3.8, 4) is 0 Å². The Morgan fingerprint density at radius 1 is 0.621 bits per heavy atom. The molecule has 1 saturated heterocycles. The number of rotatable bonds is 21. The third kappa shape index (κ3) is 12.2. The molecule has 0 aromatic heterocycles. The Bertz CT molecular complexity index is 2020. The number of hydrogen-bond donors (Lipinski definition) is 1. The molecular formula is C44H44F3N2O8P. The summed E-state index contributed by atoms with van der Waals surface area (Å²) in [5.74, 6) is -3.25. The smallest absolute Gasteiger partial charge is 0.374 e. The van der Waals surface area contributed by atoms with E-state index in [1.807, 2.05) is 84.2 Å². The highest BCUT2D eigenvalue weighted by Gasteiger charge is 2.58. The van der Waals surface area contributed by atoms with Crippen molar-refractivity contribution in [2.75, 3.05) is 12.9 Å². The Balaban J connectivity index is 1.36. The van der Waals surface area contributed by atoms with Crippen molar-refractivity contribution < 1.29 is 50.6 Å². The highest BCUT2D eigenvalue weighted by Crippen LogP contribution is 2.52. The first kappa shape index (κ1) is 42.5. The summed E-state index contributed by atoms with van der Waals surface area (Å²) in [7, 11) is -4.27. The van der Waals surface area contributed by atoms with Gasteiger partial charge in [-0.05, 0) is 27.8 Å². The molecule has 1 fully saturated rings. The molecule has 5 aromatic rings. The van der Waals surface area contributed by atoms with E-state index in [2.05, 4.69) is 0 Å². The van der Waals surface area contributed by atoms with Crippen LogP contribution in [-0.2, 0) is 70.4 Å². The van der Waals surface area contributed by atoms with Gasteiger partial charge in [-0.2, -0.15) is 13.2 Å². The van der Waals surface area contributed by atoms with Crippen LogP contribution < -0.4 is 5.32 Å². The van der Waals surface area contributed by atoms with Crippen molar-refractivity contribution in [2.45, 2.75) is 63.5 Å². The summed E-state index contributed by atoms with van der Waals surface area (Å²) >= 11 is 0. The average molecular weight is 817 g/mol. The number of likely N-dealkylation sites (tertiary alicyclic amines) is 1. The first-order valence-electron chi connectivity index (χ1n) is 18.6. The van der Waals surface area contributed by atoms with Crippen molar-refractivity contribution in [3.05, 3.63) is 179 Å². The van der Waals surface area contributed by atoms with Gasteiger partial charge in [-0.3, -0.25) is 14.2 Å². The monoisotopic (exact) mass is 816 g/mol. The molecule has 0 unspecified atom stereocenters. The Morgan fingerprint density at radius 2 is 1.02 bits per heavy atom. The fourth-order valence-electron chi connectivity index (χ4n) is 6.35. The Morgan fingerprint density at radius 3 is 1.45 bits per heavy atom. The Hall–Kier alpha value is -5.14. The summed E-state index contributed by atoms with van der Waals surface area (Å²) in [6.45, 7) is -0.290. The van der Waals surface area contributed by atoms with Crippen molar-refractivity contribution in [1.29, 1.82) is 0 Å². The Labute approximate surface area is 335 Å². The van der Waals surface area contributed by atoms with E-state index < -0.39 is 56.2 Å². The van der Waals surface area contributed by atoms with Crippen LogP contribution in [0.3, 0.4) is 0 Å². The number of hydrogen-bond acceptors (Lipinski definition) is 8. The summed E-state index contributed by atoms with van der Waals surface area (Å²) in [5.41, 5.74) is 3.70. The fourth-order valence-corrected chi connectivity index (χ4v) is 7.98. The van der Waals surface area contributed by atoms with E-state index in [9.17, 15) is 27.3 Å². The molecule has 14 heteroatoms. The Kier molecular flexibility index (Phi) is 15.0. The third-order valence-electron chi connectivity index (χ3n) is 9.35. The van der Waals surface area contributed by atoms with Gasteiger partial charge >= 0.3 is 19.7 Å². The SMILES string of the molecule is O=C1[C@@H](NC(=O)C(F)(F)F)[C@H]([C@H](OCc2ccccc2)[C@@H](COCc2ccccc2)OCc2ccccc2)N1CP(=O)(OCc1ccccc1)OCc1ccccc1. The average Bonchev–Trinajstić information content (AvgIpc) is 3.25. The predicted molar refractivity (Wildman–Crippen MR) is 210 cm³/mol. The molecule has 1 aliphatic heterocycles. The molecule has 58 heavy (non-hydrogen) atoms. The molecule has 1 N–H and O–H groups in total. The number of carbonyl (C=O) groups is 2. The van der Waals surface area contributed by atoms with Crippen LogP contribution in [0, 0.1) is 0 Å². The number of alkyl halides is 3. The predicted octanol–water partition coefficient (Wildman–Crippen LogP) is 8.22. The first-order chi connectivity index (χ1) is 28.1. The highest BCUT2D eigenvalue weighted by atomic mass is 31.2. The molecule has 0 saturated carbocycles. The minimum Gasteiger partial charge on any atom is -0.374 e. The summed E-state index contributed by atoms with van der Waals surface area (Å²) in [6.07, 6.45) is -8.25. The van der Waals surface area contributed by atoms with Gasteiger partial charge in [-0.15, -0.1) is 0 Å². The van der Waals surface area contributed by atoms with E-state index in [1.165, 1.54) is 0 Å². The van der Waals surface area contributed by atoms with Gasteiger partial charge in [0, 0.05) is 0 Å². The molecule has 1 aliphatic rings. The molecule has 0 aliphatic carbocycles. The molecule has 10 nitrogen and oxygen atoms in total. The van der Waals surface area contributed by atoms with Crippen molar-refractivity contribution in [1.82, 2.24) is 10.2 Å². The molecule has 1 heterocycles. The largest absolute Gasteiger partial charge is 0.471 e. The molecule has 0 bridgehead atoms. The van der Waals surface area contributed by atoms with E-state index in [4.69, 9.17) is 23.3 Å². The number of nitrogens with one attached hydrogen (secondary N) is 1. The molecule has 6 rings (SSSR count). The quantitative estimate of drug-likeness (QED) is 0.0583. The van der Waals surface area contributed by atoms with Crippen LogP contribution in [0.15, 0.2) is 152 Å². The first-order valence-corrected chi connectivity index (χ1v) is 20.4. The van der Waals surface area contributed by atoms with Gasteiger partial charge in [0.05, 0.1) is 45.7 Å². The summed E-state index contributed by atoms with van der Waals surface area (Å²) in [5, 5.41) is 1.87. The van der Waals surface area contributed by atoms with Crippen LogP contribution in [0.2, 0.25) is 0 Å². The third-order valence-corrected chi connectivity index (χ3v) is 11.0. The van der Waals surface area contributed by atoms with Gasteiger partial charge in [0.1, 0.15) is 24.5 Å². The maximum Gasteiger partial charge on any atom is 0.471 e. The fraction of sp³-hybridized carbons (Fsp3) is 0.273. The highest BCUT2D eigenvalue weighted by molar-refractivity contribution is 7.53. The lowest BCUT2D eigenvalue weighted by molar-refractivity contribution is -0.190. The molecule has 0 spiro atoms. The van der Waals surface area contributed by atoms with Crippen molar-refractivity contribution in [3.63, 3.8) is 0 Å². The number of carbonyl (C=O) groups excluding carboxylic acids is 2. The second kappa shape index (κ2) is 20.5. The van der Waals surface area contributed by atoms with Gasteiger partial charge in [0.2, 0.25) is 5.91 Å². The second-order valence-electron chi connectivity index (χ2n) is 13.6. The lowest BCUT2D eigenvalue weighted by atomic mass is 9.87. The van der Waals surface area contributed by atoms with Crippen molar-refractivity contribution >= 4 is 19.4 Å². The van der Waals surface area contributed by atoms with Gasteiger partial charge in [0.25, 0.3) is 0 Å². The molecule has 2 amide bonds. The van der Waals surface area contributed by atoms with E-state index >= 15 is 0 Å². The number of β-lactam (4-membered cyclic amide) rings is 1. The standard InChI is InChI=1S/C44H44F3N2O8P/c45-44(46,47)43(51)48-39-40(49(42(39)50)32-58(52,56-29-36-22-12-4-13-23-36)57-30-37-24-14-5-15-25-37)41(55-28-35-20-10-3-11-21-35)38(54-27-34-18-8-2-9-19-34)31-53-26-33-16-6-1-7-17-33/h1-25,38-41H,26-32H2,(H,48,51)/t38-,39+,40-,41-/m1/s1. The van der Waals surface area contributed by atoms with Gasteiger partial charge in [0.15, 0.2) is 0 Å². The van der Waals surface area contributed by atoms with Gasteiger partial charge < -0.3 is 33.5 Å². The van der Waals surface area contributed by atoms with Crippen LogP contribution in [0.5, 0.6) is 0 Å². The summed E-state index contributed by atoms with van der Waals surface area (Å²) in [6, 6.07) is 42.3. The maximum absolute atomic E-state index is 14.8. The number of halogens is 3. The van der Waals surface area contributed by atoms with Crippen LogP contribution in [0.25, 0.3) is 0 Å². The lowest BCUT2D eigenvalue weighted by Gasteiger charge is -2.51. The van der Waals surface area contributed by atoms with Crippen LogP contribution in [0.4, 0.5) is 13.2 Å². The van der Waals surface area contributed by atoms with E-state index in [0.717, 1.165) is 21.6 Å². The van der Waals surface area contributed by atoms with Crippen LogP contribution in [0.1, 0.15) is 27.8 Å². The molecule has 304 valence electrons. The number of nitrogens with zero attached hydrogens (tertiary/aromatic N) is 1. The lowest BCUT2D eigenvalue weighted by Crippen LogP contribution is -2.76. The van der Waals surface area contributed by atoms with Crippen molar-refractivity contribution in [2.24, 2.45) is 0 Å². The van der Waals surface area contributed by atoms with Crippen LogP contribution >= 0.6 is 7.60 Å². The van der Waals surface area contributed by atoms with Gasteiger partial charge in [-0.1, -0.05) is 152 Å². The summed E-state index contributed by atoms with van der Waals surface area (Å²) < 4.78 is 87.2. The minimum atomic E-state index is -5.31. The summed E-state index contributed by atoms with van der Waals surface area (Å²) in [4.78, 5) is 27.6. The number of ether oxygens (including phenoxy) is 3. The number of benzene rings is 5. The molecule has 0 radical (unpaired) electrons. The van der Waals surface area contributed by atoms with Crippen LogP contribution in [-0.4, -0.2) is 60.1 Å². The molecule has 4 atom stereocenters. The number of amides is 2. The minimum absolute atomic E-state index is 0.0461. The zero-order valence-electron chi connectivity index (χ0n) is 31.5. The zero-order chi connectivity index (χ0) is 40.8. The molecule has 5 aromatic carbocycles. The topological polar surface area (TPSA) is 113 Å². The van der Waals surface area contributed by atoms with E-state index in [0.29, 0.717) is 11.1 Å².